The van der Waals surface area contributed by atoms with E-state index in [0.717, 1.165) is 30.5 Å². The Morgan fingerprint density at radius 1 is 1.18 bits per heavy atom. The summed E-state index contributed by atoms with van der Waals surface area (Å²) in [5.41, 5.74) is 10.8. The first-order chi connectivity index (χ1) is 13.3. The van der Waals surface area contributed by atoms with E-state index in [2.05, 4.69) is 34.6 Å². The second-order valence-electron chi connectivity index (χ2n) is 6.79. The maximum Gasteiger partial charge on any atom is 0.193 e. The molecular weight excluding hydrogens is 465 g/mol. The Morgan fingerprint density at radius 3 is 2.82 bits per heavy atom. The first-order valence-electron chi connectivity index (χ1n) is 9.61. The lowest BCUT2D eigenvalue weighted by atomic mass is 9.89. The summed E-state index contributed by atoms with van der Waals surface area (Å²) in [5.74, 6) is 0.418. The minimum absolute atomic E-state index is 0. The molecule has 1 aliphatic carbocycles. The molecule has 5 nitrogen and oxygen atoms in total. The summed E-state index contributed by atoms with van der Waals surface area (Å²) in [4.78, 5) is 4.41. The molecule has 0 fully saturated rings. The number of halogens is 1. The zero-order valence-electron chi connectivity index (χ0n) is 16.4. The van der Waals surface area contributed by atoms with Gasteiger partial charge in [0.1, 0.15) is 0 Å². The van der Waals surface area contributed by atoms with Gasteiger partial charge in [0, 0.05) is 31.5 Å². The fourth-order valence-electron chi connectivity index (χ4n) is 3.47. The standard InChI is InChI=1S/C22H29N3O2.HI/c1-26-16-18-9-3-5-12-20(18)25-22(23)24-14-7-15-27-21-13-6-10-17-8-2-4-11-19(17)21;/h2-5,8-9,11-12,21H,6-7,10,13-16H2,1H3,(H3,23,24,25);1H. The van der Waals surface area contributed by atoms with Gasteiger partial charge >= 0.3 is 0 Å². The summed E-state index contributed by atoms with van der Waals surface area (Å²) < 4.78 is 11.3. The smallest absolute Gasteiger partial charge is 0.193 e. The molecule has 1 atom stereocenters. The predicted octanol–water partition coefficient (Wildman–Crippen LogP) is 4.66. The van der Waals surface area contributed by atoms with Gasteiger partial charge in [0.25, 0.3) is 0 Å². The van der Waals surface area contributed by atoms with Crippen molar-refractivity contribution in [3.8, 4) is 0 Å². The number of nitrogens with one attached hydrogen (secondary N) is 1. The van der Waals surface area contributed by atoms with Crippen molar-refractivity contribution >= 4 is 35.6 Å². The van der Waals surface area contributed by atoms with Gasteiger partial charge < -0.3 is 20.5 Å². The number of benzene rings is 2. The van der Waals surface area contributed by atoms with Crippen LogP contribution in [0.4, 0.5) is 5.69 Å². The van der Waals surface area contributed by atoms with Crippen molar-refractivity contribution in [1.29, 1.82) is 0 Å². The van der Waals surface area contributed by atoms with Crippen molar-refractivity contribution in [2.45, 2.75) is 38.4 Å². The molecule has 0 saturated heterocycles. The minimum atomic E-state index is 0. The van der Waals surface area contributed by atoms with E-state index in [1.54, 1.807) is 7.11 Å². The molecule has 0 aliphatic heterocycles. The van der Waals surface area contributed by atoms with Gasteiger partial charge in [0.15, 0.2) is 5.96 Å². The Labute approximate surface area is 184 Å². The van der Waals surface area contributed by atoms with E-state index in [-0.39, 0.29) is 30.1 Å². The lowest BCUT2D eigenvalue weighted by Crippen LogP contribution is -2.23. The highest BCUT2D eigenvalue weighted by Crippen LogP contribution is 2.32. The summed E-state index contributed by atoms with van der Waals surface area (Å²) >= 11 is 0. The highest BCUT2D eigenvalue weighted by Gasteiger charge is 2.19. The molecule has 28 heavy (non-hydrogen) atoms. The molecule has 1 unspecified atom stereocenters. The van der Waals surface area contributed by atoms with Crippen LogP contribution >= 0.6 is 24.0 Å². The van der Waals surface area contributed by atoms with Gasteiger partial charge in [-0.25, -0.2) is 0 Å². The van der Waals surface area contributed by atoms with Crippen molar-refractivity contribution in [1.82, 2.24) is 0 Å². The van der Waals surface area contributed by atoms with E-state index in [1.165, 1.54) is 17.5 Å². The zero-order chi connectivity index (χ0) is 18.9. The molecule has 6 heteroatoms. The van der Waals surface area contributed by atoms with Crippen LogP contribution < -0.4 is 11.1 Å². The second-order valence-corrected chi connectivity index (χ2v) is 6.79. The lowest BCUT2D eigenvalue weighted by Gasteiger charge is -2.25. The van der Waals surface area contributed by atoms with Crippen molar-refractivity contribution in [3.63, 3.8) is 0 Å². The van der Waals surface area contributed by atoms with Crippen molar-refractivity contribution < 1.29 is 9.47 Å². The molecule has 0 spiro atoms. The minimum Gasteiger partial charge on any atom is -0.380 e. The maximum absolute atomic E-state index is 6.11. The van der Waals surface area contributed by atoms with Crippen LogP contribution in [0.1, 0.15) is 42.1 Å². The van der Waals surface area contributed by atoms with Gasteiger partial charge in [-0.1, -0.05) is 42.5 Å². The zero-order valence-corrected chi connectivity index (χ0v) is 18.7. The molecule has 2 aromatic rings. The number of ether oxygens (including phenoxy) is 2. The van der Waals surface area contributed by atoms with E-state index in [0.29, 0.717) is 25.7 Å². The van der Waals surface area contributed by atoms with E-state index < -0.39 is 0 Å². The highest BCUT2D eigenvalue weighted by molar-refractivity contribution is 14.0. The molecular formula is C22H30IN3O2. The highest BCUT2D eigenvalue weighted by atomic mass is 127. The third-order valence-corrected chi connectivity index (χ3v) is 4.80. The lowest BCUT2D eigenvalue weighted by molar-refractivity contribution is 0.0403. The number of guanidine groups is 1. The Bertz CT molecular complexity index is 767. The van der Waals surface area contributed by atoms with Crippen LogP contribution in [-0.4, -0.2) is 26.2 Å². The van der Waals surface area contributed by atoms with Crippen molar-refractivity contribution in [2.24, 2.45) is 10.7 Å². The number of fused-ring (bicyclic) bond motifs is 1. The molecule has 0 aromatic heterocycles. The molecule has 3 rings (SSSR count). The van der Waals surface area contributed by atoms with E-state index in [9.17, 15) is 0 Å². The quantitative estimate of drug-likeness (QED) is 0.242. The largest absolute Gasteiger partial charge is 0.380 e. The Kier molecular flexibility index (Phi) is 9.73. The maximum atomic E-state index is 6.11. The van der Waals surface area contributed by atoms with Crippen LogP contribution in [-0.2, 0) is 22.5 Å². The first kappa shape index (κ1) is 22.6. The van der Waals surface area contributed by atoms with E-state index in [4.69, 9.17) is 15.2 Å². The van der Waals surface area contributed by atoms with Gasteiger partial charge in [0.05, 0.1) is 12.7 Å². The van der Waals surface area contributed by atoms with Gasteiger partial charge in [-0.15, -0.1) is 24.0 Å². The third kappa shape index (κ3) is 6.46. The third-order valence-electron chi connectivity index (χ3n) is 4.80. The second kappa shape index (κ2) is 12.0. The fraction of sp³-hybridized carbons (Fsp3) is 0.409. The number of para-hydroxylation sites is 1. The SMILES string of the molecule is COCc1ccccc1NC(N)=NCCCOC1CCCc2ccccc21.I. The van der Waals surface area contributed by atoms with Crippen molar-refractivity contribution in [2.75, 3.05) is 25.6 Å². The normalized spacial score (nSPS) is 16.2. The number of nitrogens with two attached hydrogens (primary N) is 1. The van der Waals surface area contributed by atoms with E-state index in [1.807, 2.05) is 24.3 Å². The Morgan fingerprint density at radius 2 is 1.96 bits per heavy atom. The average Bonchev–Trinajstić information content (AvgIpc) is 2.69. The van der Waals surface area contributed by atoms with Gasteiger partial charge in [-0.2, -0.15) is 0 Å². The molecule has 0 heterocycles. The molecule has 152 valence electrons. The Balaban J connectivity index is 0.00000280. The van der Waals surface area contributed by atoms with Crippen LogP contribution in [0.3, 0.4) is 0 Å². The number of aliphatic imine (C=N–C) groups is 1. The number of methoxy groups -OCH3 is 1. The monoisotopic (exact) mass is 495 g/mol. The van der Waals surface area contributed by atoms with Crippen LogP contribution in [0.2, 0.25) is 0 Å². The molecule has 3 N–H and O–H groups in total. The molecule has 0 amide bonds. The first-order valence-corrected chi connectivity index (χ1v) is 9.61. The average molecular weight is 495 g/mol. The van der Waals surface area contributed by atoms with Gasteiger partial charge in [-0.3, -0.25) is 4.99 Å². The molecule has 1 aliphatic rings. The summed E-state index contributed by atoms with van der Waals surface area (Å²) in [6, 6.07) is 16.5. The fourth-order valence-corrected chi connectivity index (χ4v) is 3.47. The summed E-state index contributed by atoms with van der Waals surface area (Å²) in [6.07, 6.45) is 4.52. The van der Waals surface area contributed by atoms with Crippen LogP contribution in [0, 0.1) is 0 Å². The Hall–Kier alpha value is -1.64. The summed E-state index contributed by atoms with van der Waals surface area (Å²) in [6.45, 7) is 1.86. The van der Waals surface area contributed by atoms with Crippen LogP contribution in [0.25, 0.3) is 0 Å². The summed E-state index contributed by atoms with van der Waals surface area (Å²) in [7, 11) is 1.68. The van der Waals surface area contributed by atoms with E-state index >= 15 is 0 Å². The number of nitrogens with zero attached hydrogens (tertiary/aromatic N) is 1. The van der Waals surface area contributed by atoms with Crippen molar-refractivity contribution in [3.05, 3.63) is 65.2 Å². The molecule has 0 radical (unpaired) electrons. The number of rotatable bonds is 8. The molecule has 0 bridgehead atoms. The van der Waals surface area contributed by atoms with Crippen LogP contribution in [0.5, 0.6) is 0 Å². The molecule has 0 saturated carbocycles. The van der Waals surface area contributed by atoms with Gasteiger partial charge in [0.2, 0.25) is 0 Å². The number of hydrogen-bond acceptors (Lipinski definition) is 3. The number of aryl methyl sites for hydroxylation is 1. The summed E-state index contributed by atoms with van der Waals surface area (Å²) in [5, 5.41) is 3.16. The number of anilines is 1. The topological polar surface area (TPSA) is 68.9 Å². The molecule has 2 aromatic carbocycles. The number of hydrogen-bond donors (Lipinski definition) is 2. The van der Waals surface area contributed by atoms with Gasteiger partial charge in [-0.05, 0) is 42.9 Å². The predicted molar refractivity (Wildman–Crippen MR) is 125 cm³/mol. The van der Waals surface area contributed by atoms with Crippen LogP contribution in [0.15, 0.2) is 53.5 Å².